The van der Waals surface area contributed by atoms with Crippen LogP contribution in [-0.2, 0) is 13.0 Å². The number of aliphatic hydroxyl groups excluding tert-OH is 1. The average molecular weight is 252 g/mol. The van der Waals surface area contributed by atoms with Crippen LogP contribution in [0.25, 0.3) is 0 Å². The Kier molecular flexibility index (Phi) is 3.93. The Balaban J connectivity index is 2.19. The molecule has 0 spiro atoms. The zero-order valence-corrected chi connectivity index (χ0v) is 10.5. The highest BCUT2D eigenvalue weighted by molar-refractivity contribution is 8.01. The fourth-order valence-corrected chi connectivity index (χ4v) is 3.03. The summed E-state index contributed by atoms with van der Waals surface area (Å²) in [7, 11) is 0. The Bertz CT molecular complexity index is 471. The molecule has 2 aromatic rings. The second kappa shape index (κ2) is 5.43. The smallest absolute Gasteiger partial charge is 0.174 e. The monoisotopic (exact) mass is 252 g/mol. The van der Waals surface area contributed by atoms with Crippen LogP contribution in [0.1, 0.15) is 18.3 Å². The zero-order valence-electron chi connectivity index (χ0n) is 8.88. The predicted octanol–water partition coefficient (Wildman–Crippen LogP) is 2.74. The molecule has 16 heavy (non-hydrogen) atoms. The summed E-state index contributed by atoms with van der Waals surface area (Å²) in [6.07, 6.45) is 0.860. The number of aryl methyl sites for hydroxylation is 1. The maximum atomic E-state index is 9.20. The molecule has 0 aliphatic heterocycles. The summed E-state index contributed by atoms with van der Waals surface area (Å²) in [6, 6.07) is 7.80. The molecule has 2 rings (SSSR count). The Labute approximate surface area is 103 Å². The second-order valence-corrected chi connectivity index (χ2v) is 5.24. The van der Waals surface area contributed by atoms with Gasteiger partial charge >= 0.3 is 0 Å². The second-order valence-electron chi connectivity index (χ2n) is 3.20. The molecule has 0 aliphatic carbocycles. The fraction of sp³-hybridized carbons (Fsp3) is 0.273. The quantitative estimate of drug-likeness (QED) is 0.909. The summed E-state index contributed by atoms with van der Waals surface area (Å²) in [6.45, 7) is 2.10. The molecule has 0 aliphatic rings. The molecule has 1 heterocycles. The molecule has 0 amide bonds. The Morgan fingerprint density at radius 1 is 1.38 bits per heavy atom. The molecule has 0 radical (unpaired) electrons. The summed E-state index contributed by atoms with van der Waals surface area (Å²) in [4.78, 5) is 5.43. The van der Waals surface area contributed by atoms with Gasteiger partial charge < -0.3 is 5.11 Å². The zero-order chi connectivity index (χ0) is 11.4. The van der Waals surface area contributed by atoms with Crippen molar-refractivity contribution in [2.75, 3.05) is 0 Å². The molecule has 0 bridgehead atoms. The molecule has 0 unspecified atom stereocenters. The van der Waals surface area contributed by atoms with Gasteiger partial charge in [0.1, 0.15) is 5.82 Å². The van der Waals surface area contributed by atoms with Crippen LogP contribution in [0.2, 0.25) is 0 Å². The van der Waals surface area contributed by atoms with E-state index in [1.54, 1.807) is 11.8 Å². The van der Waals surface area contributed by atoms with Crippen LogP contribution in [0.3, 0.4) is 0 Å². The van der Waals surface area contributed by atoms with Gasteiger partial charge in [-0.1, -0.05) is 36.9 Å². The van der Waals surface area contributed by atoms with E-state index < -0.39 is 0 Å². The largest absolute Gasteiger partial charge is 0.392 e. The Morgan fingerprint density at radius 2 is 2.19 bits per heavy atom. The first-order valence-electron chi connectivity index (χ1n) is 5.02. The normalized spacial score (nSPS) is 10.6. The third kappa shape index (κ3) is 2.61. The highest BCUT2D eigenvalue weighted by atomic mass is 32.2. The van der Waals surface area contributed by atoms with E-state index in [-0.39, 0.29) is 6.61 Å². The maximum absolute atomic E-state index is 9.20. The van der Waals surface area contributed by atoms with Crippen LogP contribution in [0, 0.1) is 0 Å². The Morgan fingerprint density at radius 3 is 2.88 bits per heavy atom. The molecule has 0 saturated heterocycles. The van der Waals surface area contributed by atoms with Crippen molar-refractivity contribution in [3.63, 3.8) is 0 Å². The number of aromatic nitrogens is 2. The van der Waals surface area contributed by atoms with Crippen molar-refractivity contribution in [2.45, 2.75) is 29.2 Å². The number of aliphatic hydroxyl groups is 1. The van der Waals surface area contributed by atoms with E-state index >= 15 is 0 Å². The van der Waals surface area contributed by atoms with E-state index in [1.807, 2.05) is 31.2 Å². The van der Waals surface area contributed by atoms with E-state index in [0.717, 1.165) is 27.0 Å². The SMILES string of the molecule is CCc1nsc(Sc2ccccc2CO)n1. The van der Waals surface area contributed by atoms with Gasteiger partial charge in [0.15, 0.2) is 4.34 Å². The molecule has 0 fully saturated rings. The lowest BCUT2D eigenvalue weighted by Crippen LogP contribution is -1.86. The number of hydrogen-bond donors (Lipinski definition) is 1. The Hall–Kier alpha value is -0.910. The van der Waals surface area contributed by atoms with E-state index in [9.17, 15) is 5.11 Å². The summed E-state index contributed by atoms with van der Waals surface area (Å²) < 4.78 is 5.16. The first kappa shape index (κ1) is 11.6. The van der Waals surface area contributed by atoms with Crippen LogP contribution >= 0.6 is 23.3 Å². The average Bonchev–Trinajstić information content (AvgIpc) is 2.77. The summed E-state index contributed by atoms with van der Waals surface area (Å²) in [5.41, 5.74) is 0.931. The molecule has 1 aromatic carbocycles. The van der Waals surface area contributed by atoms with Crippen LogP contribution in [0.4, 0.5) is 0 Å². The molecule has 0 saturated carbocycles. The minimum Gasteiger partial charge on any atom is -0.392 e. The first-order chi connectivity index (χ1) is 7.83. The number of hydrogen-bond acceptors (Lipinski definition) is 5. The molecular formula is C11H12N2OS2. The lowest BCUT2D eigenvalue weighted by Gasteiger charge is -2.03. The fourth-order valence-electron chi connectivity index (χ4n) is 1.25. The molecule has 1 aromatic heterocycles. The van der Waals surface area contributed by atoms with Gasteiger partial charge in [-0.25, -0.2) is 4.98 Å². The molecule has 1 N–H and O–H groups in total. The van der Waals surface area contributed by atoms with Gasteiger partial charge in [-0.15, -0.1) is 0 Å². The molecule has 3 nitrogen and oxygen atoms in total. The van der Waals surface area contributed by atoms with Crippen LogP contribution in [0.5, 0.6) is 0 Å². The van der Waals surface area contributed by atoms with Crippen molar-refractivity contribution in [1.29, 1.82) is 0 Å². The molecule has 84 valence electrons. The highest BCUT2D eigenvalue weighted by Crippen LogP contribution is 2.31. The van der Waals surface area contributed by atoms with Crippen molar-refractivity contribution in [1.82, 2.24) is 9.36 Å². The van der Waals surface area contributed by atoms with E-state index in [4.69, 9.17) is 0 Å². The van der Waals surface area contributed by atoms with E-state index in [2.05, 4.69) is 9.36 Å². The van der Waals surface area contributed by atoms with Gasteiger partial charge in [0.2, 0.25) is 0 Å². The van der Waals surface area contributed by atoms with Gasteiger partial charge in [-0.2, -0.15) is 4.37 Å². The van der Waals surface area contributed by atoms with Crippen LogP contribution in [-0.4, -0.2) is 14.5 Å². The predicted molar refractivity (Wildman–Crippen MR) is 65.8 cm³/mol. The van der Waals surface area contributed by atoms with Crippen LogP contribution in [0.15, 0.2) is 33.5 Å². The first-order valence-corrected chi connectivity index (χ1v) is 6.61. The minimum absolute atomic E-state index is 0.0581. The van der Waals surface area contributed by atoms with Crippen LogP contribution < -0.4 is 0 Å². The topological polar surface area (TPSA) is 46.0 Å². The number of rotatable bonds is 4. The molecular weight excluding hydrogens is 240 g/mol. The van der Waals surface area contributed by atoms with Gasteiger partial charge in [0.25, 0.3) is 0 Å². The standard InChI is InChI=1S/C11H12N2OS2/c1-2-10-12-11(16-13-10)15-9-6-4-3-5-8(9)7-14/h3-6,14H,2,7H2,1H3. The number of benzene rings is 1. The van der Waals surface area contributed by atoms with Crippen molar-refractivity contribution < 1.29 is 5.11 Å². The third-order valence-corrected chi connectivity index (χ3v) is 4.01. The summed E-state index contributed by atoms with van der Waals surface area (Å²) >= 11 is 2.97. The lowest BCUT2D eigenvalue weighted by molar-refractivity contribution is 0.279. The van der Waals surface area contributed by atoms with Gasteiger partial charge in [-0.3, -0.25) is 0 Å². The lowest BCUT2D eigenvalue weighted by atomic mass is 10.2. The van der Waals surface area contributed by atoms with Crippen molar-refractivity contribution >= 4 is 23.3 Å². The third-order valence-electron chi connectivity index (χ3n) is 2.11. The van der Waals surface area contributed by atoms with Gasteiger partial charge in [-0.05, 0) is 23.2 Å². The van der Waals surface area contributed by atoms with Crippen molar-refractivity contribution in [3.8, 4) is 0 Å². The van der Waals surface area contributed by atoms with Crippen molar-refractivity contribution in [2.24, 2.45) is 0 Å². The molecule has 0 atom stereocenters. The molecule has 5 heteroatoms. The van der Waals surface area contributed by atoms with Gasteiger partial charge in [0, 0.05) is 11.3 Å². The van der Waals surface area contributed by atoms with E-state index in [1.165, 1.54) is 11.5 Å². The van der Waals surface area contributed by atoms with E-state index in [0.29, 0.717) is 0 Å². The minimum atomic E-state index is 0.0581. The summed E-state index contributed by atoms with van der Waals surface area (Å²) in [5, 5.41) is 9.20. The van der Waals surface area contributed by atoms with Gasteiger partial charge in [0.05, 0.1) is 6.61 Å². The van der Waals surface area contributed by atoms with Crippen molar-refractivity contribution in [3.05, 3.63) is 35.7 Å². The highest BCUT2D eigenvalue weighted by Gasteiger charge is 2.07. The number of nitrogens with zero attached hydrogens (tertiary/aromatic N) is 2. The summed E-state index contributed by atoms with van der Waals surface area (Å²) in [5.74, 6) is 0.883. The maximum Gasteiger partial charge on any atom is 0.174 e.